The normalized spacial score (nSPS) is 15.2. The summed E-state index contributed by atoms with van der Waals surface area (Å²) < 4.78 is 18.1. The fourth-order valence-corrected chi connectivity index (χ4v) is 3.42. The summed E-state index contributed by atoms with van der Waals surface area (Å²) in [4.78, 5) is 13.2. The summed E-state index contributed by atoms with van der Waals surface area (Å²) in [7, 11) is 3.14. The highest BCUT2D eigenvalue weighted by Gasteiger charge is 2.36. The second-order valence-electron chi connectivity index (χ2n) is 6.68. The molecule has 0 saturated carbocycles. The van der Waals surface area contributed by atoms with Crippen LogP contribution in [0.15, 0.2) is 59.8 Å². The lowest BCUT2D eigenvalue weighted by molar-refractivity contribution is -0.140. The molecule has 4 rings (SSSR count). The second kappa shape index (κ2) is 8.24. The van der Waals surface area contributed by atoms with Crippen molar-refractivity contribution in [3.05, 3.63) is 70.9 Å². The monoisotopic (exact) mass is 407 g/mol. The Hall–Kier alpha value is -3.88. The van der Waals surface area contributed by atoms with Crippen LogP contribution in [0.5, 0.6) is 11.5 Å². The van der Waals surface area contributed by atoms with E-state index in [4.69, 9.17) is 14.2 Å². The quantitative estimate of drug-likeness (QED) is 0.623. The van der Waals surface area contributed by atoms with Crippen molar-refractivity contribution in [2.75, 3.05) is 19.5 Å². The Kier molecular flexibility index (Phi) is 5.34. The molecule has 9 nitrogen and oxygen atoms in total. The van der Waals surface area contributed by atoms with E-state index in [1.165, 1.54) is 4.68 Å². The van der Waals surface area contributed by atoms with E-state index >= 15 is 0 Å². The number of hydrogen-bond acceptors (Lipinski definition) is 8. The van der Waals surface area contributed by atoms with Crippen molar-refractivity contribution in [1.29, 1.82) is 0 Å². The van der Waals surface area contributed by atoms with Crippen LogP contribution < -0.4 is 14.8 Å². The molecule has 0 saturated heterocycles. The Balaban J connectivity index is 1.75. The standard InChI is InChI=1S/C21H21N5O4/c1-13-18(20(27)30-12-14-7-5-4-6-8-14)19(26-21(22-13)23-24-25-26)16-11-15(28-2)9-10-17(16)29-3/h4-11,19H,12H2,1-3H3,(H,22,23,25). The van der Waals surface area contributed by atoms with Gasteiger partial charge in [0.2, 0.25) is 5.95 Å². The number of fused-ring (bicyclic) bond motifs is 1. The van der Waals surface area contributed by atoms with Gasteiger partial charge in [-0.25, -0.2) is 4.79 Å². The first-order valence-corrected chi connectivity index (χ1v) is 9.31. The van der Waals surface area contributed by atoms with E-state index in [-0.39, 0.29) is 6.61 Å². The Bertz CT molecular complexity index is 1090. The van der Waals surface area contributed by atoms with E-state index in [0.717, 1.165) is 5.56 Å². The zero-order valence-corrected chi connectivity index (χ0v) is 16.8. The molecular weight excluding hydrogens is 386 g/mol. The van der Waals surface area contributed by atoms with Gasteiger partial charge in [-0.05, 0) is 41.1 Å². The number of ether oxygens (including phenoxy) is 3. The maximum absolute atomic E-state index is 13.2. The second-order valence-corrected chi connectivity index (χ2v) is 6.68. The van der Waals surface area contributed by atoms with E-state index in [0.29, 0.717) is 34.3 Å². The molecule has 1 atom stereocenters. The average Bonchev–Trinajstić information content (AvgIpc) is 3.24. The van der Waals surface area contributed by atoms with E-state index in [1.54, 1.807) is 39.3 Å². The molecule has 0 radical (unpaired) electrons. The van der Waals surface area contributed by atoms with Crippen LogP contribution in [0.3, 0.4) is 0 Å². The SMILES string of the molecule is COc1ccc(OC)c(C2C(C(=O)OCc3ccccc3)=C(C)Nc3nnnn32)c1. The number of aromatic nitrogens is 4. The minimum atomic E-state index is -0.649. The van der Waals surface area contributed by atoms with Crippen LogP contribution in [0.25, 0.3) is 0 Å². The number of carbonyl (C=O) groups is 1. The van der Waals surface area contributed by atoms with Crippen molar-refractivity contribution in [1.82, 2.24) is 20.2 Å². The predicted molar refractivity (Wildman–Crippen MR) is 108 cm³/mol. The molecule has 0 amide bonds. The zero-order valence-electron chi connectivity index (χ0n) is 16.8. The van der Waals surface area contributed by atoms with E-state index in [1.807, 2.05) is 30.3 Å². The number of tetrazole rings is 1. The Morgan fingerprint density at radius 3 is 2.67 bits per heavy atom. The molecular formula is C21H21N5O4. The van der Waals surface area contributed by atoms with Gasteiger partial charge in [0.25, 0.3) is 0 Å². The highest BCUT2D eigenvalue weighted by molar-refractivity contribution is 5.92. The van der Waals surface area contributed by atoms with Crippen LogP contribution in [0.4, 0.5) is 5.95 Å². The number of hydrogen-bond donors (Lipinski definition) is 1. The van der Waals surface area contributed by atoms with Gasteiger partial charge in [-0.2, -0.15) is 4.68 Å². The highest BCUT2D eigenvalue weighted by atomic mass is 16.5. The maximum atomic E-state index is 13.2. The number of nitrogens with one attached hydrogen (secondary N) is 1. The number of methoxy groups -OCH3 is 2. The zero-order chi connectivity index (χ0) is 21.1. The third kappa shape index (κ3) is 3.57. The first-order chi connectivity index (χ1) is 14.6. The molecule has 2 heterocycles. The van der Waals surface area contributed by atoms with Crippen LogP contribution in [0.2, 0.25) is 0 Å². The van der Waals surface area contributed by atoms with Crippen LogP contribution in [0, 0.1) is 0 Å². The summed E-state index contributed by atoms with van der Waals surface area (Å²) in [6.07, 6.45) is 0. The Labute approximate surface area is 173 Å². The first-order valence-electron chi connectivity index (χ1n) is 9.31. The predicted octanol–water partition coefficient (Wildman–Crippen LogP) is 2.72. The molecule has 0 aliphatic carbocycles. The smallest absolute Gasteiger partial charge is 0.338 e. The first kappa shape index (κ1) is 19.4. The number of benzene rings is 2. The largest absolute Gasteiger partial charge is 0.497 e. The van der Waals surface area contributed by atoms with Crippen molar-refractivity contribution in [3.63, 3.8) is 0 Å². The van der Waals surface area contributed by atoms with E-state index in [2.05, 4.69) is 20.8 Å². The van der Waals surface area contributed by atoms with Crippen molar-refractivity contribution in [2.45, 2.75) is 19.6 Å². The van der Waals surface area contributed by atoms with Crippen LogP contribution in [-0.4, -0.2) is 40.4 Å². The number of anilines is 1. The molecule has 0 bridgehead atoms. The molecule has 1 aromatic heterocycles. The maximum Gasteiger partial charge on any atom is 0.338 e. The van der Waals surface area contributed by atoms with Crippen LogP contribution >= 0.6 is 0 Å². The van der Waals surface area contributed by atoms with Gasteiger partial charge < -0.3 is 19.5 Å². The molecule has 1 aliphatic rings. The Morgan fingerprint density at radius 1 is 1.13 bits per heavy atom. The fraction of sp³-hybridized carbons (Fsp3) is 0.238. The molecule has 0 fully saturated rings. The molecule has 2 aromatic carbocycles. The van der Waals surface area contributed by atoms with Gasteiger partial charge in [0.15, 0.2) is 0 Å². The minimum absolute atomic E-state index is 0.154. The van der Waals surface area contributed by atoms with Gasteiger partial charge in [-0.1, -0.05) is 35.4 Å². The molecule has 1 aliphatic heterocycles. The number of carbonyl (C=O) groups excluding carboxylic acids is 1. The lowest BCUT2D eigenvalue weighted by atomic mass is 9.94. The number of nitrogens with zero attached hydrogens (tertiary/aromatic N) is 4. The third-order valence-electron chi connectivity index (χ3n) is 4.88. The lowest BCUT2D eigenvalue weighted by Gasteiger charge is -2.28. The molecule has 3 aromatic rings. The summed E-state index contributed by atoms with van der Waals surface area (Å²) >= 11 is 0. The van der Waals surface area contributed by atoms with Gasteiger partial charge >= 0.3 is 5.97 Å². The number of esters is 1. The van der Waals surface area contributed by atoms with Crippen LogP contribution in [-0.2, 0) is 16.1 Å². The summed E-state index contributed by atoms with van der Waals surface area (Å²) in [6.45, 7) is 1.94. The number of allylic oxidation sites excluding steroid dienone is 1. The van der Waals surface area contributed by atoms with Crippen molar-refractivity contribution in [2.24, 2.45) is 0 Å². The van der Waals surface area contributed by atoms with Gasteiger partial charge in [-0.3, -0.25) is 0 Å². The molecule has 30 heavy (non-hydrogen) atoms. The van der Waals surface area contributed by atoms with Crippen LogP contribution in [0.1, 0.15) is 24.1 Å². The molecule has 1 N–H and O–H groups in total. The molecule has 9 heteroatoms. The fourth-order valence-electron chi connectivity index (χ4n) is 3.42. The molecule has 1 unspecified atom stereocenters. The highest BCUT2D eigenvalue weighted by Crippen LogP contribution is 2.40. The van der Waals surface area contributed by atoms with E-state index in [9.17, 15) is 4.79 Å². The van der Waals surface area contributed by atoms with Gasteiger partial charge in [0.05, 0.1) is 19.8 Å². The molecule has 0 spiro atoms. The summed E-state index contributed by atoms with van der Waals surface area (Å²) in [6, 6.07) is 14.2. The topological polar surface area (TPSA) is 100 Å². The van der Waals surface area contributed by atoms with E-state index < -0.39 is 12.0 Å². The van der Waals surface area contributed by atoms with Crippen molar-refractivity contribution >= 4 is 11.9 Å². The summed E-state index contributed by atoms with van der Waals surface area (Å²) in [5.41, 5.74) is 2.56. The van der Waals surface area contributed by atoms with Gasteiger partial charge in [-0.15, -0.1) is 0 Å². The molecule has 154 valence electrons. The summed E-state index contributed by atoms with van der Waals surface area (Å²) in [5, 5.41) is 14.9. The van der Waals surface area contributed by atoms with Crippen molar-refractivity contribution in [3.8, 4) is 11.5 Å². The summed E-state index contributed by atoms with van der Waals surface area (Å²) in [5.74, 6) is 1.14. The number of rotatable bonds is 6. The third-order valence-corrected chi connectivity index (χ3v) is 4.88. The van der Waals surface area contributed by atoms with Gasteiger partial charge in [0.1, 0.15) is 24.1 Å². The van der Waals surface area contributed by atoms with Gasteiger partial charge in [0, 0.05) is 11.3 Å². The minimum Gasteiger partial charge on any atom is -0.497 e. The average molecular weight is 407 g/mol. The lowest BCUT2D eigenvalue weighted by Crippen LogP contribution is -2.30. The van der Waals surface area contributed by atoms with Crippen molar-refractivity contribution < 1.29 is 19.0 Å². The Morgan fingerprint density at radius 2 is 1.93 bits per heavy atom.